The van der Waals surface area contributed by atoms with E-state index in [1.807, 2.05) is 11.3 Å². The maximum atomic E-state index is 3.39. The molecule has 0 atom stereocenters. The number of rotatable bonds is 3. The second-order valence-electron chi connectivity index (χ2n) is 5.18. The average Bonchev–Trinajstić information content (AvgIpc) is 2.62. The zero-order valence-corrected chi connectivity index (χ0v) is 10.8. The predicted molar refractivity (Wildman–Crippen MR) is 67.8 cm³/mol. The zero-order valence-electron chi connectivity index (χ0n) is 10.0. The van der Waals surface area contributed by atoms with Gasteiger partial charge in [-0.15, -0.1) is 11.3 Å². The van der Waals surface area contributed by atoms with Gasteiger partial charge in [-0.2, -0.15) is 0 Å². The summed E-state index contributed by atoms with van der Waals surface area (Å²) in [5, 5.41) is 5.78. The second kappa shape index (κ2) is 4.26. The van der Waals surface area contributed by atoms with Gasteiger partial charge < -0.3 is 5.32 Å². The number of likely N-dealkylation sites (N-methyl/N-ethyl adjacent to an activating group) is 1. The fourth-order valence-electron chi connectivity index (χ4n) is 2.27. The van der Waals surface area contributed by atoms with Crippen LogP contribution in [0.5, 0.6) is 0 Å². The molecular weight excluding hydrogens is 202 g/mol. The fraction of sp³-hybridized carbons (Fsp3) is 0.692. The largest absolute Gasteiger partial charge is 0.314 e. The van der Waals surface area contributed by atoms with Gasteiger partial charge in [0, 0.05) is 10.4 Å². The first-order valence-corrected chi connectivity index (χ1v) is 6.77. The van der Waals surface area contributed by atoms with Crippen LogP contribution >= 0.6 is 11.3 Å². The summed E-state index contributed by atoms with van der Waals surface area (Å²) in [6.45, 7) is 4.56. The van der Waals surface area contributed by atoms with E-state index >= 15 is 0 Å². The van der Waals surface area contributed by atoms with Gasteiger partial charge in [-0.25, -0.2) is 0 Å². The second-order valence-corrected chi connectivity index (χ2v) is 6.14. The van der Waals surface area contributed by atoms with E-state index in [-0.39, 0.29) is 5.54 Å². The van der Waals surface area contributed by atoms with Crippen molar-refractivity contribution >= 4 is 11.3 Å². The van der Waals surface area contributed by atoms with E-state index in [0.29, 0.717) is 0 Å². The first-order valence-electron chi connectivity index (χ1n) is 5.89. The molecule has 0 spiro atoms. The minimum Gasteiger partial charge on any atom is -0.314 e. The van der Waals surface area contributed by atoms with E-state index in [1.54, 1.807) is 16.0 Å². The molecule has 1 N–H and O–H groups in total. The molecule has 1 heterocycles. The smallest absolute Gasteiger partial charge is 0.0162 e. The lowest BCUT2D eigenvalue weighted by molar-refractivity contribution is 0.420. The van der Waals surface area contributed by atoms with Crippen molar-refractivity contribution in [2.24, 2.45) is 0 Å². The van der Waals surface area contributed by atoms with Crippen molar-refractivity contribution in [2.75, 3.05) is 7.05 Å². The van der Waals surface area contributed by atoms with E-state index in [2.05, 4.69) is 31.6 Å². The molecule has 0 aliphatic heterocycles. The highest BCUT2D eigenvalue weighted by molar-refractivity contribution is 7.10. The van der Waals surface area contributed by atoms with E-state index < -0.39 is 0 Å². The van der Waals surface area contributed by atoms with Gasteiger partial charge >= 0.3 is 0 Å². The third-order valence-corrected chi connectivity index (χ3v) is 4.59. The molecule has 1 aliphatic carbocycles. The lowest BCUT2D eigenvalue weighted by atomic mass is 9.89. The van der Waals surface area contributed by atoms with Crippen LogP contribution in [0.15, 0.2) is 5.38 Å². The topological polar surface area (TPSA) is 12.0 Å². The van der Waals surface area contributed by atoms with Gasteiger partial charge in [-0.1, -0.05) is 0 Å². The molecular formula is C13H21NS. The van der Waals surface area contributed by atoms with Crippen molar-refractivity contribution in [3.05, 3.63) is 21.4 Å². The molecule has 0 aromatic carbocycles. The third kappa shape index (κ3) is 2.43. The lowest BCUT2D eigenvalue weighted by Crippen LogP contribution is -2.38. The number of fused-ring (bicyclic) bond motifs is 1. The van der Waals surface area contributed by atoms with Crippen LogP contribution in [0.25, 0.3) is 0 Å². The Balaban J connectivity index is 2.19. The van der Waals surface area contributed by atoms with Crippen molar-refractivity contribution in [3.63, 3.8) is 0 Å². The summed E-state index contributed by atoms with van der Waals surface area (Å²) in [5.74, 6) is 0. The molecule has 1 nitrogen and oxygen atoms in total. The Bertz CT molecular complexity index is 338. The molecule has 2 heteroatoms. The summed E-state index contributed by atoms with van der Waals surface area (Å²) >= 11 is 1.98. The maximum Gasteiger partial charge on any atom is 0.0162 e. The third-order valence-electron chi connectivity index (χ3n) is 3.46. The van der Waals surface area contributed by atoms with Gasteiger partial charge in [0.2, 0.25) is 0 Å². The highest BCUT2D eigenvalue weighted by Crippen LogP contribution is 2.31. The molecule has 1 aliphatic rings. The first kappa shape index (κ1) is 11.2. The molecule has 0 fully saturated rings. The molecule has 0 amide bonds. The highest BCUT2D eigenvalue weighted by atomic mass is 32.1. The molecule has 0 radical (unpaired) electrons. The summed E-state index contributed by atoms with van der Waals surface area (Å²) in [6, 6.07) is 0. The Hall–Kier alpha value is -0.340. The van der Waals surface area contributed by atoms with Crippen LogP contribution in [-0.4, -0.2) is 12.6 Å². The summed E-state index contributed by atoms with van der Waals surface area (Å²) in [6.07, 6.45) is 6.57. The molecule has 0 bridgehead atoms. The summed E-state index contributed by atoms with van der Waals surface area (Å²) in [4.78, 5) is 1.66. The van der Waals surface area contributed by atoms with Crippen LogP contribution in [0.2, 0.25) is 0 Å². The van der Waals surface area contributed by atoms with Gasteiger partial charge in [0.05, 0.1) is 0 Å². The molecule has 0 saturated carbocycles. The van der Waals surface area contributed by atoms with Crippen molar-refractivity contribution in [1.29, 1.82) is 0 Å². The number of thiophene rings is 1. The van der Waals surface area contributed by atoms with Crippen molar-refractivity contribution in [1.82, 2.24) is 5.32 Å². The molecule has 1 aromatic heterocycles. The Morgan fingerprint density at radius 2 is 2.07 bits per heavy atom. The van der Waals surface area contributed by atoms with Gasteiger partial charge in [-0.05, 0) is 69.5 Å². The molecule has 0 saturated heterocycles. The monoisotopic (exact) mass is 223 g/mol. The van der Waals surface area contributed by atoms with Crippen molar-refractivity contribution in [3.8, 4) is 0 Å². The number of hydrogen-bond acceptors (Lipinski definition) is 2. The van der Waals surface area contributed by atoms with E-state index in [4.69, 9.17) is 0 Å². The molecule has 1 aromatic rings. The first-order chi connectivity index (χ1) is 7.12. The molecule has 15 heavy (non-hydrogen) atoms. The maximum absolute atomic E-state index is 3.39. The van der Waals surface area contributed by atoms with Crippen LogP contribution in [0, 0.1) is 0 Å². The Kier molecular flexibility index (Phi) is 3.17. The van der Waals surface area contributed by atoms with Crippen molar-refractivity contribution in [2.45, 2.75) is 51.5 Å². The fourth-order valence-corrected chi connectivity index (χ4v) is 3.42. The highest BCUT2D eigenvalue weighted by Gasteiger charge is 2.21. The molecule has 84 valence electrons. The molecule has 2 rings (SSSR count). The average molecular weight is 223 g/mol. The SMILES string of the molecule is CNC(C)(C)Cc1csc2c1CCCC2. The van der Waals surface area contributed by atoms with Crippen LogP contribution in [-0.2, 0) is 19.3 Å². The Morgan fingerprint density at radius 1 is 1.33 bits per heavy atom. The summed E-state index contributed by atoms with van der Waals surface area (Å²) in [5.41, 5.74) is 3.50. The van der Waals surface area contributed by atoms with Crippen LogP contribution < -0.4 is 5.32 Å². The number of hydrogen-bond donors (Lipinski definition) is 1. The van der Waals surface area contributed by atoms with Crippen molar-refractivity contribution < 1.29 is 0 Å². The quantitative estimate of drug-likeness (QED) is 0.830. The standard InChI is InChI=1S/C13H21NS/c1-13(2,14-3)8-10-9-15-12-7-5-4-6-11(10)12/h9,14H,4-8H2,1-3H3. The predicted octanol–water partition coefficient (Wildman–Crippen LogP) is 3.17. The van der Waals surface area contributed by atoms with Crippen LogP contribution in [0.3, 0.4) is 0 Å². The number of nitrogens with one attached hydrogen (secondary N) is 1. The van der Waals surface area contributed by atoms with Crippen LogP contribution in [0.1, 0.15) is 42.7 Å². The van der Waals surface area contributed by atoms with Gasteiger partial charge in [-0.3, -0.25) is 0 Å². The minimum absolute atomic E-state index is 0.228. The van der Waals surface area contributed by atoms with Gasteiger partial charge in [0.1, 0.15) is 0 Å². The normalized spacial score (nSPS) is 16.5. The van der Waals surface area contributed by atoms with Gasteiger partial charge in [0.25, 0.3) is 0 Å². The van der Waals surface area contributed by atoms with E-state index in [0.717, 1.165) is 6.42 Å². The Labute approximate surface area is 96.9 Å². The molecule has 0 unspecified atom stereocenters. The summed E-state index contributed by atoms with van der Waals surface area (Å²) in [7, 11) is 2.05. The van der Waals surface area contributed by atoms with Gasteiger partial charge in [0.15, 0.2) is 0 Å². The van der Waals surface area contributed by atoms with Crippen LogP contribution in [0.4, 0.5) is 0 Å². The lowest BCUT2D eigenvalue weighted by Gasteiger charge is -2.25. The van der Waals surface area contributed by atoms with E-state index in [1.165, 1.54) is 25.7 Å². The zero-order chi connectivity index (χ0) is 10.9. The Morgan fingerprint density at radius 3 is 2.80 bits per heavy atom. The number of aryl methyl sites for hydroxylation is 1. The minimum atomic E-state index is 0.228. The summed E-state index contributed by atoms with van der Waals surface area (Å²) < 4.78 is 0. The van der Waals surface area contributed by atoms with E-state index in [9.17, 15) is 0 Å².